The van der Waals surface area contributed by atoms with E-state index in [2.05, 4.69) is 0 Å². The topological polar surface area (TPSA) is 63.6 Å². The summed E-state index contributed by atoms with van der Waals surface area (Å²) in [6, 6.07) is 5.84. The van der Waals surface area contributed by atoms with Gasteiger partial charge in [0, 0.05) is 6.42 Å². The highest BCUT2D eigenvalue weighted by molar-refractivity contribution is 5.79. The average molecular weight is 264 g/mol. The van der Waals surface area contributed by atoms with Crippen LogP contribution in [0.4, 0.5) is 0 Å². The first-order valence-corrected chi connectivity index (χ1v) is 6.40. The van der Waals surface area contributed by atoms with Crippen molar-refractivity contribution in [2.45, 2.75) is 39.5 Å². The molecule has 0 fully saturated rings. The lowest BCUT2D eigenvalue weighted by molar-refractivity contribution is -0.145. The minimum atomic E-state index is -0.904. The number of carbonyl (C=O) groups is 2. The predicted octanol–water partition coefficient (Wildman–Crippen LogP) is 2.81. The number of carboxylic acids is 1. The van der Waals surface area contributed by atoms with Crippen molar-refractivity contribution in [3.8, 4) is 0 Å². The van der Waals surface area contributed by atoms with Gasteiger partial charge in [0.15, 0.2) is 0 Å². The third-order valence-corrected chi connectivity index (χ3v) is 2.86. The summed E-state index contributed by atoms with van der Waals surface area (Å²) >= 11 is 0. The van der Waals surface area contributed by atoms with E-state index in [4.69, 9.17) is 9.84 Å². The molecule has 1 aromatic rings. The zero-order valence-electron chi connectivity index (χ0n) is 11.6. The van der Waals surface area contributed by atoms with Crippen LogP contribution in [0.1, 0.15) is 42.4 Å². The Bertz CT molecular complexity index is 445. The van der Waals surface area contributed by atoms with Gasteiger partial charge in [0.2, 0.25) is 0 Å². The van der Waals surface area contributed by atoms with Crippen molar-refractivity contribution in [3.63, 3.8) is 0 Å². The van der Waals surface area contributed by atoms with E-state index < -0.39 is 11.9 Å². The van der Waals surface area contributed by atoms with Crippen molar-refractivity contribution in [1.82, 2.24) is 0 Å². The molecule has 0 aliphatic carbocycles. The quantitative estimate of drug-likeness (QED) is 0.802. The molecule has 0 saturated carbocycles. The predicted molar refractivity (Wildman–Crippen MR) is 72.2 cm³/mol. The summed E-state index contributed by atoms with van der Waals surface area (Å²) < 4.78 is 5.04. The van der Waals surface area contributed by atoms with Gasteiger partial charge in [-0.2, -0.15) is 0 Å². The van der Waals surface area contributed by atoms with Gasteiger partial charge in [-0.1, -0.05) is 29.3 Å². The van der Waals surface area contributed by atoms with E-state index in [-0.39, 0.29) is 18.8 Å². The van der Waals surface area contributed by atoms with E-state index in [1.165, 1.54) is 0 Å². The molecule has 0 bridgehead atoms. The van der Waals surface area contributed by atoms with Gasteiger partial charge in [-0.15, -0.1) is 0 Å². The maximum Gasteiger partial charge on any atom is 0.313 e. The number of esters is 1. The second-order valence-corrected chi connectivity index (χ2v) is 4.66. The maximum absolute atomic E-state index is 12.0. The highest BCUT2D eigenvalue weighted by Gasteiger charge is 2.23. The molecule has 1 unspecified atom stereocenters. The van der Waals surface area contributed by atoms with Gasteiger partial charge in [0.25, 0.3) is 0 Å². The lowest BCUT2D eigenvalue weighted by Gasteiger charge is -2.16. The molecular formula is C15H20O4. The normalized spacial score (nSPS) is 11.9. The second-order valence-electron chi connectivity index (χ2n) is 4.66. The molecule has 1 rings (SSSR count). The van der Waals surface area contributed by atoms with Gasteiger partial charge in [-0.25, -0.2) is 0 Å². The zero-order chi connectivity index (χ0) is 14.4. The minimum Gasteiger partial charge on any atom is -0.481 e. The van der Waals surface area contributed by atoms with Crippen molar-refractivity contribution in [3.05, 3.63) is 34.9 Å². The fraction of sp³-hybridized carbons (Fsp3) is 0.467. The maximum atomic E-state index is 12.0. The van der Waals surface area contributed by atoms with Crippen LogP contribution in [-0.2, 0) is 14.3 Å². The Morgan fingerprint density at radius 3 is 2.26 bits per heavy atom. The Morgan fingerprint density at radius 1 is 1.21 bits per heavy atom. The molecule has 0 heterocycles. The molecule has 4 heteroatoms. The van der Waals surface area contributed by atoms with Crippen molar-refractivity contribution in [1.29, 1.82) is 0 Å². The molecule has 1 aromatic carbocycles. The third-order valence-electron chi connectivity index (χ3n) is 2.86. The largest absolute Gasteiger partial charge is 0.481 e. The van der Waals surface area contributed by atoms with E-state index in [0.717, 1.165) is 16.7 Å². The number of carbonyl (C=O) groups excluding carboxylic acids is 1. The third kappa shape index (κ3) is 4.73. The van der Waals surface area contributed by atoms with E-state index in [0.29, 0.717) is 6.61 Å². The van der Waals surface area contributed by atoms with Crippen LogP contribution in [-0.4, -0.2) is 23.7 Å². The highest BCUT2D eigenvalue weighted by Crippen LogP contribution is 2.25. The molecule has 0 saturated heterocycles. The van der Waals surface area contributed by atoms with Crippen LogP contribution in [0.25, 0.3) is 0 Å². The van der Waals surface area contributed by atoms with Crippen LogP contribution >= 0.6 is 0 Å². The van der Waals surface area contributed by atoms with E-state index in [9.17, 15) is 9.59 Å². The van der Waals surface area contributed by atoms with Crippen LogP contribution in [0.15, 0.2) is 18.2 Å². The van der Waals surface area contributed by atoms with Crippen molar-refractivity contribution < 1.29 is 19.4 Å². The number of hydrogen-bond acceptors (Lipinski definition) is 3. The van der Waals surface area contributed by atoms with Crippen LogP contribution in [0, 0.1) is 13.8 Å². The molecule has 104 valence electrons. The monoisotopic (exact) mass is 264 g/mol. The zero-order valence-corrected chi connectivity index (χ0v) is 11.6. The Hall–Kier alpha value is -1.84. The summed E-state index contributed by atoms with van der Waals surface area (Å²) in [5.41, 5.74) is 2.94. The summed E-state index contributed by atoms with van der Waals surface area (Å²) in [6.45, 7) is 5.95. The Labute approximate surface area is 113 Å². The van der Waals surface area contributed by atoms with Crippen molar-refractivity contribution in [2.24, 2.45) is 0 Å². The van der Waals surface area contributed by atoms with Gasteiger partial charge in [0.1, 0.15) is 0 Å². The molecule has 1 N–H and O–H groups in total. The van der Waals surface area contributed by atoms with Gasteiger partial charge in [-0.05, 0) is 32.8 Å². The molecule has 1 atom stereocenters. The molecule has 0 spiro atoms. The van der Waals surface area contributed by atoms with Gasteiger partial charge in [0.05, 0.1) is 12.5 Å². The van der Waals surface area contributed by atoms with Crippen LogP contribution in [0.3, 0.4) is 0 Å². The number of aliphatic carboxylic acids is 1. The standard InChI is InChI=1S/C15H20O4/c1-4-19-15(18)13(5-6-14(16)17)12-8-10(2)7-11(3)9-12/h7-9,13H,4-6H2,1-3H3,(H,16,17). The number of benzene rings is 1. The first kappa shape index (κ1) is 15.2. The van der Waals surface area contributed by atoms with Crippen LogP contribution in [0.5, 0.6) is 0 Å². The van der Waals surface area contributed by atoms with E-state index in [1.807, 2.05) is 32.0 Å². The minimum absolute atomic E-state index is 0.0452. The van der Waals surface area contributed by atoms with Crippen LogP contribution in [0.2, 0.25) is 0 Å². The molecule has 0 aliphatic heterocycles. The average Bonchev–Trinajstić information content (AvgIpc) is 2.27. The summed E-state index contributed by atoms with van der Waals surface area (Å²) in [4.78, 5) is 22.7. The molecule has 4 nitrogen and oxygen atoms in total. The fourth-order valence-electron chi connectivity index (χ4n) is 2.14. The lowest BCUT2D eigenvalue weighted by Crippen LogP contribution is -2.17. The highest BCUT2D eigenvalue weighted by atomic mass is 16.5. The summed E-state index contributed by atoms with van der Waals surface area (Å²) in [6.07, 6.45) is 0.216. The molecular weight excluding hydrogens is 244 g/mol. The smallest absolute Gasteiger partial charge is 0.313 e. The number of hydrogen-bond donors (Lipinski definition) is 1. The molecule has 0 aromatic heterocycles. The van der Waals surface area contributed by atoms with Gasteiger partial charge < -0.3 is 9.84 Å². The first-order chi connectivity index (χ1) is 8.93. The summed E-state index contributed by atoms with van der Waals surface area (Å²) in [7, 11) is 0. The Kier molecular flexibility index (Phi) is 5.55. The van der Waals surface area contributed by atoms with Crippen molar-refractivity contribution in [2.75, 3.05) is 6.61 Å². The number of rotatable bonds is 6. The SMILES string of the molecule is CCOC(=O)C(CCC(=O)O)c1cc(C)cc(C)c1. The number of ether oxygens (including phenoxy) is 1. The van der Waals surface area contributed by atoms with Crippen LogP contribution < -0.4 is 0 Å². The van der Waals surface area contributed by atoms with Crippen molar-refractivity contribution >= 4 is 11.9 Å². The molecule has 19 heavy (non-hydrogen) atoms. The lowest BCUT2D eigenvalue weighted by atomic mass is 9.92. The van der Waals surface area contributed by atoms with E-state index in [1.54, 1.807) is 6.92 Å². The summed E-state index contributed by atoms with van der Waals surface area (Å²) in [5, 5.41) is 8.78. The molecule has 0 amide bonds. The van der Waals surface area contributed by atoms with Gasteiger partial charge in [-0.3, -0.25) is 9.59 Å². The second kappa shape index (κ2) is 6.92. The number of aryl methyl sites for hydroxylation is 2. The molecule has 0 aliphatic rings. The molecule has 0 radical (unpaired) electrons. The van der Waals surface area contributed by atoms with E-state index >= 15 is 0 Å². The fourth-order valence-corrected chi connectivity index (χ4v) is 2.14. The Balaban J connectivity index is 2.99. The summed E-state index contributed by atoms with van der Waals surface area (Å²) in [5.74, 6) is -1.76. The number of carboxylic acid groups (broad SMARTS) is 1. The Morgan fingerprint density at radius 2 is 1.79 bits per heavy atom. The first-order valence-electron chi connectivity index (χ1n) is 6.40. The van der Waals surface area contributed by atoms with Gasteiger partial charge >= 0.3 is 11.9 Å².